The quantitative estimate of drug-likeness (QED) is 0.379. The average molecular weight is 491 g/mol. The largest absolute Gasteiger partial charge is 0.330 e. The van der Waals surface area contributed by atoms with E-state index in [9.17, 15) is 14.4 Å². The lowest BCUT2D eigenvalue weighted by Crippen LogP contribution is -2.33. The van der Waals surface area contributed by atoms with Gasteiger partial charge in [-0.05, 0) is 62.8 Å². The molecule has 0 atom stereocenters. The fraction of sp³-hybridized carbons (Fsp3) is 0.440. The molecule has 35 heavy (non-hydrogen) atoms. The van der Waals surface area contributed by atoms with Gasteiger partial charge in [-0.3, -0.25) is 19.1 Å². The smallest absolute Gasteiger partial charge is 0.311 e. The van der Waals surface area contributed by atoms with Gasteiger partial charge in [0, 0.05) is 24.2 Å². The summed E-state index contributed by atoms with van der Waals surface area (Å²) in [7, 11) is 0. The third kappa shape index (κ3) is 4.73. The summed E-state index contributed by atoms with van der Waals surface area (Å²) in [5.74, 6) is 0.706. The lowest BCUT2D eigenvalue weighted by molar-refractivity contribution is -0.116. The summed E-state index contributed by atoms with van der Waals surface area (Å²) in [6, 6.07) is 7.93. The Morgan fingerprint density at radius 1 is 1.20 bits per heavy atom. The number of rotatable bonds is 8. The fourth-order valence-electron chi connectivity index (χ4n) is 4.10. The SMILES string of the molecule is Cc1ccc(N(CCC#N)C(=O)CSc2nc(C3CC3)nc3c2c(=O)[nH]c(=O)n3C2CC2)cc1C. The number of aryl methyl sites for hydroxylation is 2. The molecule has 0 unspecified atom stereocenters. The predicted octanol–water partition coefficient (Wildman–Crippen LogP) is 3.35. The molecule has 180 valence electrons. The van der Waals surface area contributed by atoms with E-state index in [1.807, 2.05) is 32.0 Å². The number of hydrogen-bond acceptors (Lipinski definition) is 7. The fourth-order valence-corrected chi connectivity index (χ4v) is 5.00. The number of nitrogens with one attached hydrogen (secondary N) is 1. The molecule has 10 heteroatoms. The Morgan fingerprint density at radius 3 is 2.63 bits per heavy atom. The van der Waals surface area contributed by atoms with Gasteiger partial charge >= 0.3 is 5.69 Å². The van der Waals surface area contributed by atoms with Crippen LogP contribution in [0.3, 0.4) is 0 Å². The molecular weight excluding hydrogens is 464 g/mol. The first-order valence-electron chi connectivity index (χ1n) is 11.8. The number of benzene rings is 1. The molecule has 2 saturated carbocycles. The molecule has 1 aromatic carbocycles. The zero-order valence-corrected chi connectivity index (χ0v) is 20.5. The summed E-state index contributed by atoms with van der Waals surface area (Å²) in [6.45, 7) is 4.27. The molecule has 0 saturated heterocycles. The molecule has 2 heterocycles. The van der Waals surface area contributed by atoms with Crippen LogP contribution >= 0.6 is 11.8 Å². The van der Waals surface area contributed by atoms with Gasteiger partial charge < -0.3 is 4.90 Å². The minimum atomic E-state index is -0.533. The molecule has 3 aromatic rings. The molecule has 0 bridgehead atoms. The van der Waals surface area contributed by atoms with E-state index in [0.717, 1.165) is 42.5 Å². The third-order valence-electron chi connectivity index (χ3n) is 6.51. The van der Waals surface area contributed by atoms with Gasteiger partial charge in [-0.25, -0.2) is 14.8 Å². The van der Waals surface area contributed by atoms with Crippen molar-refractivity contribution in [1.82, 2.24) is 19.5 Å². The van der Waals surface area contributed by atoms with Gasteiger partial charge in [0.2, 0.25) is 5.91 Å². The number of thioether (sulfide) groups is 1. The lowest BCUT2D eigenvalue weighted by Gasteiger charge is -2.22. The Bertz CT molecular complexity index is 1480. The highest BCUT2D eigenvalue weighted by Crippen LogP contribution is 2.41. The van der Waals surface area contributed by atoms with Crippen molar-refractivity contribution in [3.63, 3.8) is 0 Å². The summed E-state index contributed by atoms with van der Waals surface area (Å²) >= 11 is 1.18. The molecule has 0 aliphatic heterocycles. The molecule has 2 aromatic heterocycles. The maximum atomic E-state index is 13.3. The van der Waals surface area contributed by atoms with Crippen LogP contribution in [-0.4, -0.2) is 37.7 Å². The first-order valence-corrected chi connectivity index (χ1v) is 12.8. The van der Waals surface area contributed by atoms with Gasteiger partial charge in [-0.1, -0.05) is 17.8 Å². The summed E-state index contributed by atoms with van der Waals surface area (Å²) in [6.07, 6.45) is 3.89. The van der Waals surface area contributed by atoms with E-state index in [-0.39, 0.29) is 42.0 Å². The monoisotopic (exact) mass is 490 g/mol. The second kappa shape index (κ2) is 9.30. The molecule has 2 aliphatic rings. The molecular formula is C25H26N6O3S. The van der Waals surface area contributed by atoms with Crippen LogP contribution in [0.4, 0.5) is 5.69 Å². The number of aromatic nitrogens is 4. The number of hydrogen-bond donors (Lipinski definition) is 1. The van der Waals surface area contributed by atoms with E-state index in [0.29, 0.717) is 16.5 Å². The summed E-state index contributed by atoms with van der Waals surface area (Å²) in [5, 5.41) is 9.79. The highest BCUT2D eigenvalue weighted by Gasteiger charge is 2.32. The molecule has 1 N–H and O–H groups in total. The Hall–Kier alpha value is -3.45. The zero-order valence-electron chi connectivity index (χ0n) is 19.7. The van der Waals surface area contributed by atoms with Gasteiger partial charge in [-0.2, -0.15) is 5.26 Å². The predicted molar refractivity (Wildman–Crippen MR) is 134 cm³/mol. The molecule has 2 aliphatic carbocycles. The molecule has 2 fully saturated rings. The van der Waals surface area contributed by atoms with Crippen LogP contribution in [-0.2, 0) is 4.79 Å². The highest BCUT2D eigenvalue weighted by molar-refractivity contribution is 8.00. The lowest BCUT2D eigenvalue weighted by atomic mass is 10.1. The third-order valence-corrected chi connectivity index (χ3v) is 7.47. The van der Waals surface area contributed by atoms with Gasteiger partial charge in [0.25, 0.3) is 5.56 Å². The number of nitrogens with zero attached hydrogens (tertiary/aromatic N) is 5. The second-order valence-electron chi connectivity index (χ2n) is 9.23. The number of carbonyl (C=O) groups excluding carboxylic acids is 1. The topological polar surface area (TPSA) is 125 Å². The standard InChI is InChI=1S/C25H26N6O3S/c1-14-4-7-18(12-15(14)2)30(11-3-10-26)19(32)13-35-24-20-22(27-21(28-24)16-5-6-16)31(17-8-9-17)25(34)29-23(20)33/h4,7,12,16-17H,3,5-6,8-9,11,13H2,1-2H3,(H,29,33,34). The molecule has 1 amide bonds. The minimum Gasteiger partial charge on any atom is -0.311 e. The zero-order chi connectivity index (χ0) is 24.7. The maximum absolute atomic E-state index is 13.3. The van der Waals surface area contributed by atoms with Crippen LogP contribution in [0.5, 0.6) is 0 Å². The number of carbonyl (C=O) groups is 1. The van der Waals surface area contributed by atoms with Crippen molar-refractivity contribution in [1.29, 1.82) is 5.26 Å². The van der Waals surface area contributed by atoms with Crippen molar-refractivity contribution in [2.45, 2.75) is 62.9 Å². The van der Waals surface area contributed by atoms with Crippen LogP contribution < -0.4 is 16.1 Å². The van der Waals surface area contributed by atoms with Crippen molar-refractivity contribution >= 4 is 34.4 Å². The van der Waals surface area contributed by atoms with E-state index >= 15 is 0 Å². The molecule has 5 rings (SSSR count). The number of nitriles is 1. The Morgan fingerprint density at radius 2 is 1.97 bits per heavy atom. The maximum Gasteiger partial charge on any atom is 0.330 e. The van der Waals surface area contributed by atoms with Crippen LogP contribution in [0.15, 0.2) is 32.8 Å². The van der Waals surface area contributed by atoms with Gasteiger partial charge in [-0.15, -0.1) is 0 Å². The Labute approximate surface area is 206 Å². The first kappa shape index (κ1) is 23.3. The average Bonchev–Trinajstić information content (AvgIpc) is 3.73. The first-order chi connectivity index (χ1) is 16.9. The van der Waals surface area contributed by atoms with E-state index in [1.165, 1.54) is 11.8 Å². The number of fused-ring (bicyclic) bond motifs is 1. The molecule has 9 nitrogen and oxygen atoms in total. The van der Waals surface area contributed by atoms with Crippen molar-refractivity contribution < 1.29 is 4.79 Å². The van der Waals surface area contributed by atoms with E-state index < -0.39 is 11.2 Å². The van der Waals surface area contributed by atoms with Crippen molar-refractivity contribution in [3.8, 4) is 6.07 Å². The van der Waals surface area contributed by atoms with Crippen LogP contribution in [0.1, 0.15) is 61.0 Å². The van der Waals surface area contributed by atoms with Crippen LogP contribution in [0.2, 0.25) is 0 Å². The van der Waals surface area contributed by atoms with Crippen LogP contribution in [0.25, 0.3) is 11.0 Å². The molecule has 0 spiro atoms. The van der Waals surface area contributed by atoms with E-state index in [2.05, 4.69) is 21.0 Å². The van der Waals surface area contributed by atoms with Gasteiger partial charge in [0.1, 0.15) is 16.2 Å². The molecule has 0 radical (unpaired) electrons. The number of amides is 1. The number of H-pyrrole nitrogens is 1. The minimum absolute atomic E-state index is 0.0366. The van der Waals surface area contributed by atoms with E-state index in [1.54, 1.807) is 9.47 Å². The van der Waals surface area contributed by atoms with E-state index in [4.69, 9.17) is 5.26 Å². The van der Waals surface area contributed by atoms with Crippen molar-refractivity contribution in [3.05, 3.63) is 56.0 Å². The number of anilines is 1. The van der Waals surface area contributed by atoms with Gasteiger partial charge in [0.15, 0.2) is 5.65 Å². The summed E-state index contributed by atoms with van der Waals surface area (Å²) < 4.78 is 1.57. The van der Waals surface area contributed by atoms with Gasteiger partial charge in [0.05, 0.1) is 18.2 Å². The van der Waals surface area contributed by atoms with Crippen molar-refractivity contribution in [2.75, 3.05) is 17.2 Å². The Kier molecular flexibility index (Phi) is 6.19. The van der Waals surface area contributed by atoms with Crippen molar-refractivity contribution in [2.24, 2.45) is 0 Å². The summed E-state index contributed by atoms with van der Waals surface area (Å²) in [5.41, 5.74) is 2.30. The normalized spacial score (nSPS) is 15.2. The Balaban J connectivity index is 1.50. The van der Waals surface area contributed by atoms with Crippen LogP contribution in [0, 0.1) is 25.2 Å². The summed E-state index contributed by atoms with van der Waals surface area (Å²) in [4.78, 5) is 52.0. The second-order valence-corrected chi connectivity index (χ2v) is 10.2. The number of aromatic amines is 1. The highest BCUT2D eigenvalue weighted by atomic mass is 32.2.